The van der Waals surface area contributed by atoms with Gasteiger partial charge in [-0.2, -0.15) is 13.2 Å². The molecule has 0 spiro atoms. The number of anilines is 1. The fourth-order valence-electron chi connectivity index (χ4n) is 2.19. The molecule has 24 heavy (non-hydrogen) atoms. The van der Waals surface area contributed by atoms with Gasteiger partial charge in [0, 0.05) is 18.8 Å². The number of thioether (sulfide) groups is 1. The van der Waals surface area contributed by atoms with Gasteiger partial charge in [-0.25, -0.2) is 4.79 Å². The van der Waals surface area contributed by atoms with Crippen LogP contribution in [-0.4, -0.2) is 41.3 Å². The van der Waals surface area contributed by atoms with Crippen molar-refractivity contribution in [3.8, 4) is 0 Å². The van der Waals surface area contributed by atoms with Crippen molar-refractivity contribution in [2.75, 3.05) is 23.9 Å². The summed E-state index contributed by atoms with van der Waals surface area (Å²) in [5, 5.41) is 0. The number of hydrogen-bond acceptors (Lipinski definition) is 4. The van der Waals surface area contributed by atoms with E-state index in [4.69, 9.17) is 4.74 Å². The fraction of sp³-hybridized carbons (Fsp3) is 0.467. The summed E-state index contributed by atoms with van der Waals surface area (Å²) < 4.78 is 43.5. The van der Waals surface area contributed by atoms with Crippen molar-refractivity contribution in [2.24, 2.45) is 0 Å². The molecule has 1 fully saturated rings. The van der Waals surface area contributed by atoms with E-state index in [2.05, 4.69) is 0 Å². The third kappa shape index (κ3) is 3.95. The van der Waals surface area contributed by atoms with E-state index in [1.54, 1.807) is 13.8 Å². The maximum Gasteiger partial charge on any atom is 0.416 e. The van der Waals surface area contributed by atoms with Crippen LogP contribution < -0.4 is 4.90 Å². The minimum Gasteiger partial charge on any atom is -0.425 e. The van der Waals surface area contributed by atoms with E-state index in [1.165, 1.54) is 21.9 Å². The molecule has 9 heteroatoms. The maximum absolute atomic E-state index is 12.8. The highest BCUT2D eigenvalue weighted by atomic mass is 32.2. The molecule has 0 aromatic heterocycles. The zero-order valence-corrected chi connectivity index (χ0v) is 14.0. The van der Waals surface area contributed by atoms with Gasteiger partial charge < -0.3 is 9.64 Å². The zero-order valence-electron chi connectivity index (χ0n) is 13.2. The lowest BCUT2D eigenvalue weighted by Crippen LogP contribution is -2.37. The minimum atomic E-state index is -4.49. The number of rotatable bonds is 4. The Morgan fingerprint density at radius 3 is 2.62 bits per heavy atom. The highest BCUT2D eigenvalue weighted by molar-refractivity contribution is 8.01. The standard InChI is InChI=1S/C15H17F3N2O3S/c1-3-19(4-2)14(22)23-13-12(21)20(9-24-13)11-7-5-6-10(8-11)15(16,17)18/h5-8,13H,3-4,9H2,1-2H3. The first-order valence-electron chi connectivity index (χ1n) is 7.33. The molecule has 132 valence electrons. The predicted molar refractivity (Wildman–Crippen MR) is 84.6 cm³/mol. The number of ether oxygens (including phenoxy) is 1. The molecule has 1 atom stereocenters. The van der Waals surface area contributed by atoms with Crippen LogP contribution in [0.2, 0.25) is 0 Å². The first-order chi connectivity index (χ1) is 11.3. The van der Waals surface area contributed by atoms with Crippen LogP contribution in [0.4, 0.5) is 23.7 Å². The molecule has 2 rings (SSSR count). The van der Waals surface area contributed by atoms with Gasteiger partial charge in [0.15, 0.2) is 0 Å². The number of carbonyl (C=O) groups is 2. The molecule has 1 saturated heterocycles. The summed E-state index contributed by atoms with van der Waals surface area (Å²) in [6.45, 7) is 4.45. The molecule has 1 aliphatic rings. The van der Waals surface area contributed by atoms with Gasteiger partial charge in [-0.1, -0.05) is 17.8 Å². The molecule has 1 aromatic carbocycles. The van der Waals surface area contributed by atoms with E-state index >= 15 is 0 Å². The van der Waals surface area contributed by atoms with Crippen LogP contribution in [0.5, 0.6) is 0 Å². The predicted octanol–water partition coefficient (Wildman–Crippen LogP) is 3.55. The second-order valence-corrected chi connectivity index (χ2v) is 6.02. The van der Waals surface area contributed by atoms with E-state index in [9.17, 15) is 22.8 Å². The Morgan fingerprint density at radius 2 is 2.04 bits per heavy atom. The lowest BCUT2D eigenvalue weighted by molar-refractivity contribution is -0.137. The van der Waals surface area contributed by atoms with Gasteiger partial charge in [0.2, 0.25) is 5.44 Å². The van der Waals surface area contributed by atoms with E-state index < -0.39 is 29.2 Å². The summed E-state index contributed by atoms with van der Waals surface area (Å²) in [6.07, 6.45) is -5.10. The Labute approximate surface area is 141 Å². The third-order valence-corrected chi connectivity index (χ3v) is 4.55. The Morgan fingerprint density at radius 1 is 1.38 bits per heavy atom. The van der Waals surface area contributed by atoms with Gasteiger partial charge in [-0.15, -0.1) is 0 Å². The second-order valence-electron chi connectivity index (χ2n) is 5.00. The summed E-state index contributed by atoms with van der Waals surface area (Å²) >= 11 is 1.06. The number of carbonyl (C=O) groups excluding carboxylic acids is 2. The van der Waals surface area contributed by atoms with Crippen LogP contribution in [0.15, 0.2) is 24.3 Å². The highest BCUT2D eigenvalue weighted by Gasteiger charge is 2.38. The first-order valence-corrected chi connectivity index (χ1v) is 8.38. The molecule has 0 saturated carbocycles. The number of amides is 2. The van der Waals surface area contributed by atoms with Gasteiger partial charge in [-0.3, -0.25) is 9.69 Å². The monoisotopic (exact) mass is 362 g/mol. The van der Waals surface area contributed by atoms with E-state index in [1.807, 2.05) is 0 Å². The molecule has 1 aromatic rings. The first kappa shape index (κ1) is 18.4. The van der Waals surface area contributed by atoms with Crippen molar-refractivity contribution in [1.82, 2.24) is 4.90 Å². The van der Waals surface area contributed by atoms with Crippen molar-refractivity contribution in [3.05, 3.63) is 29.8 Å². The summed E-state index contributed by atoms with van der Waals surface area (Å²) in [7, 11) is 0. The Balaban J connectivity index is 2.10. The molecular weight excluding hydrogens is 345 g/mol. The average Bonchev–Trinajstić information content (AvgIpc) is 2.89. The smallest absolute Gasteiger partial charge is 0.416 e. The van der Waals surface area contributed by atoms with Crippen molar-refractivity contribution in [2.45, 2.75) is 25.5 Å². The third-order valence-electron chi connectivity index (χ3n) is 3.54. The van der Waals surface area contributed by atoms with Crippen LogP contribution in [0.3, 0.4) is 0 Å². The normalized spacial score (nSPS) is 18.0. The number of alkyl halides is 3. The Hall–Kier alpha value is -1.90. The average molecular weight is 362 g/mol. The molecule has 1 aliphatic heterocycles. The Bertz CT molecular complexity index is 620. The molecule has 0 bridgehead atoms. The van der Waals surface area contributed by atoms with Gasteiger partial charge in [0.05, 0.1) is 11.4 Å². The highest BCUT2D eigenvalue weighted by Crippen LogP contribution is 2.35. The van der Waals surface area contributed by atoms with Crippen molar-refractivity contribution in [1.29, 1.82) is 0 Å². The van der Waals surface area contributed by atoms with Crippen molar-refractivity contribution < 1.29 is 27.5 Å². The molecule has 1 unspecified atom stereocenters. The minimum absolute atomic E-state index is 0.121. The van der Waals surface area contributed by atoms with Gasteiger partial charge in [-0.05, 0) is 32.0 Å². The summed E-state index contributed by atoms with van der Waals surface area (Å²) in [5.74, 6) is -0.420. The number of nitrogens with zero attached hydrogens (tertiary/aromatic N) is 2. The van der Waals surface area contributed by atoms with E-state index in [0.29, 0.717) is 13.1 Å². The molecule has 2 amide bonds. The van der Waals surface area contributed by atoms with Crippen LogP contribution in [-0.2, 0) is 15.7 Å². The topological polar surface area (TPSA) is 49.9 Å². The quantitative estimate of drug-likeness (QED) is 0.822. The zero-order chi connectivity index (χ0) is 17.9. The van der Waals surface area contributed by atoms with Crippen LogP contribution in [0, 0.1) is 0 Å². The molecule has 0 N–H and O–H groups in total. The second kappa shape index (κ2) is 7.33. The van der Waals surface area contributed by atoms with Gasteiger partial charge in [0.1, 0.15) is 0 Å². The van der Waals surface area contributed by atoms with Gasteiger partial charge in [0.25, 0.3) is 5.91 Å². The van der Waals surface area contributed by atoms with Crippen LogP contribution >= 0.6 is 11.8 Å². The van der Waals surface area contributed by atoms with Crippen molar-refractivity contribution >= 4 is 29.4 Å². The van der Waals surface area contributed by atoms with Crippen molar-refractivity contribution in [3.63, 3.8) is 0 Å². The molecule has 5 nitrogen and oxygen atoms in total. The molecule has 0 aliphatic carbocycles. The largest absolute Gasteiger partial charge is 0.425 e. The summed E-state index contributed by atoms with van der Waals surface area (Å²) in [5.41, 5.74) is -1.75. The SMILES string of the molecule is CCN(CC)C(=O)OC1SCN(c2cccc(C(F)(F)F)c2)C1=O. The van der Waals surface area contributed by atoms with E-state index in [-0.39, 0.29) is 11.6 Å². The lowest BCUT2D eigenvalue weighted by atomic mass is 10.2. The fourth-order valence-corrected chi connectivity index (χ4v) is 3.17. The maximum atomic E-state index is 12.8. The number of benzene rings is 1. The number of halogens is 3. The number of hydrogen-bond donors (Lipinski definition) is 0. The summed E-state index contributed by atoms with van der Waals surface area (Å²) in [4.78, 5) is 26.8. The molecule has 0 radical (unpaired) electrons. The van der Waals surface area contributed by atoms with E-state index in [0.717, 1.165) is 23.9 Å². The van der Waals surface area contributed by atoms with Crippen LogP contribution in [0.25, 0.3) is 0 Å². The lowest BCUT2D eigenvalue weighted by Gasteiger charge is -2.20. The van der Waals surface area contributed by atoms with Crippen LogP contribution in [0.1, 0.15) is 19.4 Å². The Kier molecular flexibility index (Phi) is 5.63. The van der Waals surface area contributed by atoms with Gasteiger partial charge >= 0.3 is 12.3 Å². The molecular formula is C15H17F3N2O3S. The summed E-state index contributed by atoms with van der Waals surface area (Å²) in [6, 6.07) is 4.51. The molecule has 1 heterocycles.